The van der Waals surface area contributed by atoms with Crippen LogP contribution in [0.15, 0.2) is 24.3 Å². The van der Waals surface area contributed by atoms with Crippen LogP contribution in [-0.2, 0) is 14.3 Å². The first-order chi connectivity index (χ1) is 32.5. The Balaban J connectivity index is 3.49. The molecule has 0 aliphatic rings. The first kappa shape index (κ1) is 64.3. The van der Waals surface area contributed by atoms with Crippen LogP contribution < -0.4 is 5.32 Å². The third-order valence-corrected chi connectivity index (χ3v) is 13.7. The quantitative estimate of drug-likeness (QED) is 0.0321. The van der Waals surface area contributed by atoms with Crippen molar-refractivity contribution in [3.05, 3.63) is 24.3 Å². The van der Waals surface area contributed by atoms with Gasteiger partial charge < -0.3 is 20.3 Å². The van der Waals surface area contributed by atoms with Gasteiger partial charge >= 0.3 is 5.97 Å². The van der Waals surface area contributed by atoms with Gasteiger partial charge in [-0.3, -0.25) is 9.59 Å². The van der Waals surface area contributed by atoms with Gasteiger partial charge in [-0.05, 0) is 57.8 Å². The summed E-state index contributed by atoms with van der Waals surface area (Å²) in [5, 5.41) is 23.2. The zero-order valence-electron chi connectivity index (χ0n) is 44.4. The minimum Gasteiger partial charge on any atom is -0.466 e. The Morgan fingerprint density at radius 2 is 0.712 bits per heavy atom. The number of rotatable bonds is 55. The number of carbonyl (C=O) groups excluding carboxylic acids is 2. The Morgan fingerprint density at radius 3 is 1.08 bits per heavy atom. The van der Waals surface area contributed by atoms with Crippen LogP contribution in [0.4, 0.5) is 0 Å². The van der Waals surface area contributed by atoms with E-state index in [9.17, 15) is 19.8 Å². The van der Waals surface area contributed by atoms with Gasteiger partial charge in [0.15, 0.2) is 0 Å². The summed E-state index contributed by atoms with van der Waals surface area (Å²) in [4.78, 5) is 24.5. The number of nitrogens with one attached hydrogen (secondary N) is 1. The Bertz CT molecular complexity index is 1030. The summed E-state index contributed by atoms with van der Waals surface area (Å²) in [6.45, 7) is 4.88. The normalized spacial score (nSPS) is 12.7. The molecule has 3 N–H and O–H groups in total. The summed E-state index contributed by atoms with van der Waals surface area (Å²) in [6.07, 6.45) is 67.7. The molecule has 2 atom stereocenters. The highest BCUT2D eigenvalue weighted by atomic mass is 16.5. The average molecular weight is 931 g/mol. The van der Waals surface area contributed by atoms with E-state index in [0.717, 1.165) is 57.8 Å². The van der Waals surface area contributed by atoms with Crippen molar-refractivity contribution >= 4 is 11.9 Å². The number of amides is 1. The molecule has 390 valence electrons. The van der Waals surface area contributed by atoms with Gasteiger partial charge in [-0.1, -0.05) is 276 Å². The van der Waals surface area contributed by atoms with E-state index in [-0.39, 0.29) is 18.5 Å². The van der Waals surface area contributed by atoms with Gasteiger partial charge in [-0.25, -0.2) is 0 Å². The third-order valence-electron chi connectivity index (χ3n) is 13.7. The van der Waals surface area contributed by atoms with Crippen LogP contribution in [0.25, 0.3) is 0 Å². The smallest absolute Gasteiger partial charge is 0.305 e. The lowest BCUT2D eigenvalue weighted by atomic mass is 10.0. The van der Waals surface area contributed by atoms with E-state index in [1.165, 1.54) is 238 Å². The minimum atomic E-state index is -0.856. The molecule has 0 fully saturated rings. The fourth-order valence-electron chi connectivity index (χ4n) is 9.16. The summed E-state index contributed by atoms with van der Waals surface area (Å²) in [5.41, 5.74) is 0. The van der Waals surface area contributed by atoms with Gasteiger partial charge in [-0.2, -0.15) is 0 Å². The maximum Gasteiger partial charge on any atom is 0.305 e. The van der Waals surface area contributed by atoms with E-state index >= 15 is 0 Å². The highest BCUT2D eigenvalue weighted by Crippen LogP contribution is 2.17. The fraction of sp³-hybridized carbons (Fsp3) is 0.900. The Hall–Kier alpha value is -1.66. The van der Waals surface area contributed by atoms with Crippen molar-refractivity contribution in [2.45, 2.75) is 334 Å². The number of carbonyl (C=O) groups is 2. The van der Waals surface area contributed by atoms with Crippen LogP contribution in [-0.4, -0.2) is 47.4 Å². The topological polar surface area (TPSA) is 95.9 Å². The number of hydrogen-bond acceptors (Lipinski definition) is 5. The molecular formula is C60H115NO5. The van der Waals surface area contributed by atoms with E-state index < -0.39 is 12.1 Å². The first-order valence-corrected chi connectivity index (χ1v) is 29.6. The van der Waals surface area contributed by atoms with Gasteiger partial charge in [0.05, 0.1) is 25.4 Å². The van der Waals surface area contributed by atoms with Crippen LogP contribution in [0.2, 0.25) is 0 Å². The lowest BCUT2D eigenvalue weighted by molar-refractivity contribution is -0.143. The van der Waals surface area contributed by atoms with Crippen LogP contribution in [0.1, 0.15) is 322 Å². The number of esters is 1. The van der Waals surface area contributed by atoms with Crippen molar-refractivity contribution in [3.63, 3.8) is 0 Å². The standard InChI is InChI=1S/C60H115NO5/c1-3-5-7-9-11-13-15-17-19-20-21-22-23-24-25-26-27-28-32-36-40-44-48-52-58(63)57(56-62)61-59(64)53-49-45-41-37-33-30-31-35-39-43-47-51-55-66-60(65)54-50-46-42-38-34-29-18-16-14-12-10-8-6-4-2/h16,18,48,52,57-58,62-63H,3-15,17,19-47,49-51,53-56H2,1-2H3,(H,61,64)/b18-16-,52-48+. The highest BCUT2D eigenvalue weighted by molar-refractivity contribution is 5.76. The molecule has 0 radical (unpaired) electrons. The molecule has 0 heterocycles. The minimum absolute atomic E-state index is 0.0187. The van der Waals surface area contributed by atoms with Gasteiger partial charge in [0.25, 0.3) is 0 Å². The molecule has 6 heteroatoms. The fourth-order valence-corrected chi connectivity index (χ4v) is 9.16. The van der Waals surface area contributed by atoms with E-state index in [1.54, 1.807) is 6.08 Å². The van der Waals surface area contributed by atoms with E-state index in [1.807, 2.05) is 6.08 Å². The van der Waals surface area contributed by atoms with Crippen LogP contribution in [0.3, 0.4) is 0 Å². The molecule has 0 aromatic carbocycles. The molecule has 66 heavy (non-hydrogen) atoms. The SMILES string of the molecule is CCCCCCC/C=C\CCCCCCCC(=O)OCCCCCCCCCCCCCCC(=O)NC(CO)C(O)/C=C/CCCCCCCCCCCCCCCCCCCCCCC. The van der Waals surface area contributed by atoms with Crippen LogP contribution >= 0.6 is 0 Å². The number of hydrogen-bond donors (Lipinski definition) is 3. The molecule has 0 aliphatic heterocycles. The van der Waals surface area contributed by atoms with Crippen molar-refractivity contribution in [1.29, 1.82) is 0 Å². The van der Waals surface area contributed by atoms with Gasteiger partial charge in [0.2, 0.25) is 5.91 Å². The van der Waals surface area contributed by atoms with E-state index in [4.69, 9.17) is 4.74 Å². The summed E-state index contributed by atoms with van der Waals surface area (Å²) >= 11 is 0. The first-order valence-electron chi connectivity index (χ1n) is 29.6. The lowest BCUT2D eigenvalue weighted by Gasteiger charge is -2.20. The molecule has 0 bridgehead atoms. The Kier molecular flexibility index (Phi) is 54.5. The van der Waals surface area contributed by atoms with E-state index in [2.05, 4.69) is 31.3 Å². The lowest BCUT2D eigenvalue weighted by Crippen LogP contribution is -2.45. The number of ether oxygens (including phenoxy) is 1. The van der Waals surface area contributed by atoms with Crippen LogP contribution in [0.5, 0.6) is 0 Å². The summed E-state index contributed by atoms with van der Waals surface area (Å²) in [6, 6.07) is -0.641. The van der Waals surface area contributed by atoms with Crippen molar-refractivity contribution in [1.82, 2.24) is 5.32 Å². The van der Waals surface area contributed by atoms with Crippen molar-refractivity contribution in [2.75, 3.05) is 13.2 Å². The predicted molar refractivity (Wildman–Crippen MR) is 287 cm³/mol. The largest absolute Gasteiger partial charge is 0.466 e. The van der Waals surface area contributed by atoms with Crippen molar-refractivity contribution < 1.29 is 24.5 Å². The van der Waals surface area contributed by atoms with E-state index in [0.29, 0.717) is 19.4 Å². The maximum absolute atomic E-state index is 12.5. The molecule has 0 saturated carbocycles. The molecule has 1 amide bonds. The zero-order valence-corrected chi connectivity index (χ0v) is 44.4. The molecule has 0 spiro atoms. The number of aliphatic hydroxyl groups excluding tert-OH is 2. The van der Waals surface area contributed by atoms with Gasteiger partial charge in [0.1, 0.15) is 0 Å². The number of aliphatic hydroxyl groups is 2. The second kappa shape index (κ2) is 55.9. The van der Waals surface area contributed by atoms with Crippen LogP contribution in [0, 0.1) is 0 Å². The average Bonchev–Trinajstić information content (AvgIpc) is 3.32. The molecule has 0 aromatic heterocycles. The second-order valence-electron chi connectivity index (χ2n) is 20.3. The predicted octanol–water partition coefficient (Wildman–Crippen LogP) is 18.2. The number of unbranched alkanes of at least 4 members (excludes halogenated alkanes) is 42. The number of allylic oxidation sites excluding steroid dienone is 3. The molecule has 2 unspecified atom stereocenters. The summed E-state index contributed by atoms with van der Waals surface area (Å²) in [7, 11) is 0. The molecule has 0 rings (SSSR count). The van der Waals surface area contributed by atoms with Gasteiger partial charge in [-0.15, -0.1) is 0 Å². The second-order valence-corrected chi connectivity index (χ2v) is 20.3. The highest BCUT2D eigenvalue weighted by Gasteiger charge is 2.18. The summed E-state index contributed by atoms with van der Waals surface area (Å²) in [5.74, 6) is -0.0996. The Morgan fingerprint density at radius 1 is 0.409 bits per heavy atom. The van der Waals surface area contributed by atoms with Crippen molar-refractivity contribution in [3.8, 4) is 0 Å². The summed E-state index contributed by atoms with van der Waals surface area (Å²) < 4.78 is 5.46. The molecule has 0 saturated heterocycles. The molecule has 0 aromatic rings. The monoisotopic (exact) mass is 930 g/mol. The zero-order chi connectivity index (χ0) is 47.9. The molecular weight excluding hydrogens is 815 g/mol. The Labute approximate surface area is 411 Å². The molecule has 0 aliphatic carbocycles. The van der Waals surface area contributed by atoms with Crippen molar-refractivity contribution in [2.24, 2.45) is 0 Å². The maximum atomic E-state index is 12.5. The van der Waals surface area contributed by atoms with Gasteiger partial charge in [0, 0.05) is 12.8 Å². The molecule has 6 nitrogen and oxygen atoms in total. The third kappa shape index (κ3) is 51.7.